The molecule has 0 aliphatic heterocycles. The van der Waals surface area contributed by atoms with E-state index in [1.165, 1.54) is 77.0 Å². The Labute approximate surface area is 178 Å². The third-order valence-electron chi connectivity index (χ3n) is 5.54. The number of alkyl halides is 1. The minimum Gasteiger partial charge on any atom is -0.465 e. The lowest BCUT2D eigenvalue weighted by molar-refractivity contribution is -0.147. The molecule has 0 fully saturated rings. The molecule has 0 saturated carbocycles. The number of carbonyl (C=O) groups is 1. The molecule has 3 heteroatoms. The van der Waals surface area contributed by atoms with Crippen LogP contribution in [0.2, 0.25) is 0 Å². The zero-order chi connectivity index (χ0) is 20.4. The van der Waals surface area contributed by atoms with Gasteiger partial charge >= 0.3 is 5.97 Å². The van der Waals surface area contributed by atoms with Gasteiger partial charge in [-0.3, -0.25) is 4.79 Å². The number of carbonyl (C=O) groups excluding carboxylic acids is 1. The number of halogens is 1. The van der Waals surface area contributed by atoms with Gasteiger partial charge in [-0.05, 0) is 37.0 Å². The number of ether oxygens (including phenoxy) is 1. The van der Waals surface area contributed by atoms with E-state index in [9.17, 15) is 4.79 Å². The summed E-state index contributed by atoms with van der Waals surface area (Å²) in [5, 5.41) is 1.08. The fourth-order valence-electron chi connectivity index (χ4n) is 3.63. The Morgan fingerprint density at radius 2 is 1.44 bits per heavy atom. The molecule has 0 aromatic carbocycles. The minimum absolute atomic E-state index is 0.00407. The van der Waals surface area contributed by atoms with Crippen LogP contribution < -0.4 is 0 Å². The topological polar surface area (TPSA) is 26.3 Å². The molecule has 27 heavy (non-hydrogen) atoms. The Morgan fingerprint density at radius 1 is 0.852 bits per heavy atom. The molecular formula is C24H47BrO2. The van der Waals surface area contributed by atoms with Gasteiger partial charge in [0.2, 0.25) is 0 Å². The number of esters is 1. The molecule has 0 radical (unpaired) electrons. The second-order valence-corrected chi connectivity index (χ2v) is 9.87. The first-order valence-corrected chi connectivity index (χ1v) is 12.8. The van der Waals surface area contributed by atoms with Crippen molar-refractivity contribution in [3.63, 3.8) is 0 Å². The molecule has 0 aliphatic rings. The standard InChI is InChI=1S/C24H47BrO2/c1-5-7-10-15-22(16-11-8-6-2)17-14-18-23(26)27-21-24(3,4)19-12-9-13-20-25/h22H,5-21H2,1-4H3. The van der Waals surface area contributed by atoms with E-state index in [0.717, 1.165) is 24.1 Å². The number of rotatable bonds is 19. The van der Waals surface area contributed by atoms with E-state index < -0.39 is 0 Å². The summed E-state index contributed by atoms with van der Waals surface area (Å²) < 4.78 is 5.59. The van der Waals surface area contributed by atoms with E-state index in [-0.39, 0.29) is 11.4 Å². The molecule has 0 aliphatic carbocycles. The van der Waals surface area contributed by atoms with E-state index in [2.05, 4.69) is 43.6 Å². The van der Waals surface area contributed by atoms with Gasteiger partial charge in [0.05, 0.1) is 6.61 Å². The summed E-state index contributed by atoms with van der Waals surface area (Å²) in [6, 6.07) is 0. The largest absolute Gasteiger partial charge is 0.465 e. The highest BCUT2D eigenvalue weighted by Gasteiger charge is 2.20. The SMILES string of the molecule is CCCCCC(CCCCC)CCCC(=O)OCC(C)(C)CCCCCBr. The van der Waals surface area contributed by atoms with E-state index in [1.807, 2.05) is 0 Å². The normalized spacial score (nSPS) is 11.9. The van der Waals surface area contributed by atoms with Crippen LogP contribution >= 0.6 is 15.9 Å². The third kappa shape index (κ3) is 17.8. The molecule has 0 saturated heterocycles. The molecule has 2 nitrogen and oxygen atoms in total. The zero-order valence-corrected chi connectivity index (χ0v) is 20.4. The predicted molar refractivity (Wildman–Crippen MR) is 123 cm³/mol. The van der Waals surface area contributed by atoms with Gasteiger partial charge in [0.15, 0.2) is 0 Å². The van der Waals surface area contributed by atoms with Crippen molar-refractivity contribution in [1.29, 1.82) is 0 Å². The van der Waals surface area contributed by atoms with E-state index in [1.54, 1.807) is 0 Å². The first-order chi connectivity index (χ1) is 12.9. The van der Waals surface area contributed by atoms with Crippen LogP contribution in [0.15, 0.2) is 0 Å². The quantitative estimate of drug-likeness (QED) is 0.113. The number of unbranched alkanes of at least 4 members (excludes halogenated alkanes) is 6. The average Bonchev–Trinajstić information content (AvgIpc) is 2.64. The lowest BCUT2D eigenvalue weighted by Crippen LogP contribution is -2.22. The Bertz CT molecular complexity index is 331. The van der Waals surface area contributed by atoms with Gasteiger partial charge in [-0.1, -0.05) is 108 Å². The monoisotopic (exact) mass is 446 g/mol. The van der Waals surface area contributed by atoms with E-state index >= 15 is 0 Å². The summed E-state index contributed by atoms with van der Waals surface area (Å²) in [4.78, 5) is 12.1. The molecule has 0 aromatic rings. The van der Waals surface area contributed by atoms with E-state index in [0.29, 0.717) is 13.0 Å². The summed E-state index contributed by atoms with van der Waals surface area (Å²) in [5.74, 6) is 0.811. The van der Waals surface area contributed by atoms with Crippen LogP contribution in [0.4, 0.5) is 0 Å². The molecular weight excluding hydrogens is 400 g/mol. The van der Waals surface area contributed by atoms with Crippen molar-refractivity contribution >= 4 is 21.9 Å². The van der Waals surface area contributed by atoms with Gasteiger partial charge in [-0.15, -0.1) is 0 Å². The fraction of sp³-hybridized carbons (Fsp3) is 0.958. The lowest BCUT2D eigenvalue weighted by Gasteiger charge is -2.24. The van der Waals surface area contributed by atoms with Gasteiger partial charge in [0.1, 0.15) is 0 Å². The molecule has 0 heterocycles. The van der Waals surface area contributed by atoms with Gasteiger partial charge < -0.3 is 4.74 Å². The molecule has 0 unspecified atom stereocenters. The molecule has 0 spiro atoms. The maximum Gasteiger partial charge on any atom is 0.305 e. The molecule has 0 aromatic heterocycles. The summed E-state index contributed by atoms with van der Waals surface area (Å²) in [5.41, 5.74) is 0.102. The van der Waals surface area contributed by atoms with Crippen molar-refractivity contribution in [1.82, 2.24) is 0 Å². The Kier molecular flexibility index (Phi) is 18.0. The van der Waals surface area contributed by atoms with Crippen molar-refractivity contribution in [2.45, 2.75) is 124 Å². The Hall–Kier alpha value is -0.0500. The third-order valence-corrected chi connectivity index (χ3v) is 6.10. The second kappa shape index (κ2) is 18.0. The van der Waals surface area contributed by atoms with Crippen molar-refractivity contribution in [3.05, 3.63) is 0 Å². The molecule has 0 amide bonds. The molecule has 0 atom stereocenters. The van der Waals surface area contributed by atoms with Crippen molar-refractivity contribution in [2.24, 2.45) is 11.3 Å². The highest BCUT2D eigenvalue weighted by molar-refractivity contribution is 9.09. The number of hydrogen-bond donors (Lipinski definition) is 0. The number of hydrogen-bond acceptors (Lipinski definition) is 2. The molecule has 162 valence electrons. The van der Waals surface area contributed by atoms with Crippen LogP contribution in [0.25, 0.3) is 0 Å². The first-order valence-electron chi connectivity index (χ1n) is 11.7. The maximum absolute atomic E-state index is 12.1. The average molecular weight is 448 g/mol. The van der Waals surface area contributed by atoms with E-state index in [4.69, 9.17) is 4.74 Å². The fourth-order valence-corrected chi connectivity index (χ4v) is 4.03. The van der Waals surface area contributed by atoms with Crippen molar-refractivity contribution in [3.8, 4) is 0 Å². The summed E-state index contributed by atoms with van der Waals surface area (Å²) in [6.45, 7) is 9.53. The maximum atomic E-state index is 12.1. The van der Waals surface area contributed by atoms with Crippen LogP contribution in [0.3, 0.4) is 0 Å². The highest BCUT2D eigenvalue weighted by Crippen LogP contribution is 2.25. The summed E-state index contributed by atoms with van der Waals surface area (Å²) in [6.07, 6.45) is 18.3. The van der Waals surface area contributed by atoms with Crippen LogP contribution in [-0.4, -0.2) is 17.9 Å². The van der Waals surface area contributed by atoms with Gasteiger partial charge in [0.25, 0.3) is 0 Å². The van der Waals surface area contributed by atoms with Crippen molar-refractivity contribution in [2.75, 3.05) is 11.9 Å². The molecule has 0 N–H and O–H groups in total. The Balaban J connectivity index is 3.99. The van der Waals surface area contributed by atoms with Crippen LogP contribution in [0.5, 0.6) is 0 Å². The second-order valence-electron chi connectivity index (χ2n) is 9.07. The van der Waals surface area contributed by atoms with Gasteiger partial charge in [0, 0.05) is 11.8 Å². The lowest BCUT2D eigenvalue weighted by atomic mass is 9.88. The summed E-state index contributed by atoms with van der Waals surface area (Å²) >= 11 is 3.48. The van der Waals surface area contributed by atoms with Crippen LogP contribution in [-0.2, 0) is 9.53 Å². The highest BCUT2D eigenvalue weighted by atomic mass is 79.9. The summed E-state index contributed by atoms with van der Waals surface area (Å²) in [7, 11) is 0. The predicted octanol–water partition coefficient (Wildman–Crippen LogP) is 8.46. The Morgan fingerprint density at radius 3 is 2.00 bits per heavy atom. The minimum atomic E-state index is 0.00407. The molecule has 0 bridgehead atoms. The van der Waals surface area contributed by atoms with Gasteiger partial charge in [-0.25, -0.2) is 0 Å². The zero-order valence-electron chi connectivity index (χ0n) is 18.8. The van der Waals surface area contributed by atoms with Crippen molar-refractivity contribution < 1.29 is 9.53 Å². The van der Waals surface area contributed by atoms with Crippen LogP contribution in [0.1, 0.15) is 124 Å². The first kappa shape index (κ1) is 27.0. The van der Waals surface area contributed by atoms with Gasteiger partial charge in [-0.2, -0.15) is 0 Å². The smallest absolute Gasteiger partial charge is 0.305 e. The molecule has 0 rings (SSSR count). The van der Waals surface area contributed by atoms with Crippen LogP contribution in [0, 0.1) is 11.3 Å².